The van der Waals surface area contributed by atoms with Crippen LogP contribution in [0.2, 0.25) is 0 Å². The highest BCUT2D eigenvalue weighted by atomic mass is 32.2. The minimum Gasteiger partial charge on any atom is -0.469 e. The Hall–Kier alpha value is -1.41. The van der Waals surface area contributed by atoms with Crippen molar-refractivity contribution in [2.75, 3.05) is 20.7 Å². The lowest BCUT2D eigenvalue weighted by atomic mass is 10.4. The first-order valence-electron chi connectivity index (χ1n) is 4.90. The smallest absolute Gasteiger partial charge is 0.306 e. The van der Waals surface area contributed by atoms with E-state index in [1.54, 1.807) is 7.05 Å². The first-order chi connectivity index (χ1) is 7.89. The van der Waals surface area contributed by atoms with E-state index >= 15 is 0 Å². The lowest BCUT2D eigenvalue weighted by molar-refractivity contribution is -0.140. The van der Waals surface area contributed by atoms with Crippen molar-refractivity contribution >= 4 is 16.0 Å². The highest BCUT2D eigenvalue weighted by Gasteiger charge is 2.24. The van der Waals surface area contributed by atoms with Crippen molar-refractivity contribution in [1.29, 1.82) is 0 Å². The average Bonchev–Trinajstić information content (AvgIpc) is 2.72. The molecule has 0 fully saturated rings. The molecule has 0 amide bonds. The second-order valence-electron chi connectivity index (χ2n) is 3.45. The standard InChI is InChI=1S/C9H15N3O4S/c1-11(7-5-9(13)16-3)17(14,15)8-4-6-10-12(8)2/h4,6H,5,7H2,1-3H3. The number of hydrogen-bond acceptors (Lipinski definition) is 5. The molecule has 0 N–H and O–H groups in total. The van der Waals surface area contributed by atoms with Crippen molar-refractivity contribution in [2.45, 2.75) is 11.4 Å². The van der Waals surface area contributed by atoms with Gasteiger partial charge >= 0.3 is 5.97 Å². The summed E-state index contributed by atoms with van der Waals surface area (Å²) in [7, 11) is 0.608. The number of ether oxygens (including phenoxy) is 1. The molecule has 1 aromatic rings. The van der Waals surface area contributed by atoms with Crippen LogP contribution in [0.5, 0.6) is 0 Å². The summed E-state index contributed by atoms with van der Waals surface area (Å²) in [6.07, 6.45) is 1.42. The summed E-state index contributed by atoms with van der Waals surface area (Å²) in [5, 5.41) is 3.88. The fourth-order valence-corrected chi connectivity index (χ4v) is 2.51. The molecule has 0 unspecified atom stereocenters. The number of carbonyl (C=O) groups excluding carboxylic acids is 1. The van der Waals surface area contributed by atoms with Crippen LogP contribution in [-0.4, -0.2) is 49.2 Å². The van der Waals surface area contributed by atoms with Crippen LogP contribution in [0.3, 0.4) is 0 Å². The molecule has 0 saturated heterocycles. The number of methoxy groups -OCH3 is 1. The molecule has 8 heteroatoms. The number of rotatable bonds is 5. The Kier molecular flexibility index (Phi) is 4.24. The zero-order chi connectivity index (χ0) is 13.1. The molecule has 17 heavy (non-hydrogen) atoms. The van der Waals surface area contributed by atoms with Crippen molar-refractivity contribution in [2.24, 2.45) is 7.05 Å². The van der Waals surface area contributed by atoms with E-state index in [4.69, 9.17) is 0 Å². The molecule has 0 bridgehead atoms. The zero-order valence-corrected chi connectivity index (χ0v) is 10.8. The number of esters is 1. The Balaban J connectivity index is 2.78. The maximum absolute atomic E-state index is 12.0. The van der Waals surface area contributed by atoms with Crippen LogP contribution >= 0.6 is 0 Å². The molecule has 1 aromatic heterocycles. The van der Waals surface area contributed by atoms with Crippen molar-refractivity contribution in [1.82, 2.24) is 14.1 Å². The van der Waals surface area contributed by atoms with Crippen LogP contribution < -0.4 is 0 Å². The Bertz CT molecular complexity index is 494. The topological polar surface area (TPSA) is 81.5 Å². The normalized spacial score (nSPS) is 11.8. The van der Waals surface area contributed by atoms with Crippen molar-refractivity contribution in [3.8, 4) is 0 Å². The minimum atomic E-state index is -3.60. The molecule has 0 aliphatic rings. The van der Waals surface area contributed by atoms with Gasteiger partial charge in [-0.1, -0.05) is 0 Å². The third kappa shape index (κ3) is 3.04. The van der Waals surface area contributed by atoms with Gasteiger partial charge in [0.1, 0.15) is 0 Å². The van der Waals surface area contributed by atoms with Crippen LogP contribution in [0.25, 0.3) is 0 Å². The third-order valence-electron chi connectivity index (χ3n) is 2.31. The van der Waals surface area contributed by atoms with E-state index in [1.807, 2.05) is 0 Å². The van der Waals surface area contributed by atoms with E-state index in [2.05, 4.69) is 9.84 Å². The van der Waals surface area contributed by atoms with E-state index in [-0.39, 0.29) is 18.0 Å². The fourth-order valence-electron chi connectivity index (χ4n) is 1.25. The molecule has 96 valence electrons. The van der Waals surface area contributed by atoms with E-state index in [0.717, 1.165) is 4.31 Å². The molecule has 0 aromatic carbocycles. The number of aromatic nitrogens is 2. The summed E-state index contributed by atoms with van der Waals surface area (Å²) in [5.74, 6) is -0.447. The molecular formula is C9H15N3O4S. The lowest BCUT2D eigenvalue weighted by Gasteiger charge is -2.16. The quantitative estimate of drug-likeness (QED) is 0.674. The first kappa shape index (κ1) is 13.7. The summed E-state index contributed by atoms with van der Waals surface area (Å²) < 4.78 is 30.9. The summed E-state index contributed by atoms with van der Waals surface area (Å²) in [6, 6.07) is 1.41. The van der Waals surface area contributed by atoms with Crippen molar-refractivity contribution in [3.05, 3.63) is 12.3 Å². The summed E-state index contributed by atoms with van der Waals surface area (Å²) in [4.78, 5) is 10.9. The number of aryl methyl sites for hydroxylation is 1. The van der Waals surface area contributed by atoms with Crippen molar-refractivity contribution < 1.29 is 17.9 Å². The van der Waals surface area contributed by atoms with Gasteiger partial charge in [-0.3, -0.25) is 9.48 Å². The van der Waals surface area contributed by atoms with Crippen LogP contribution in [0, 0.1) is 0 Å². The first-order valence-corrected chi connectivity index (χ1v) is 6.34. The Morgan fingerprint density at radius 1 is 1.59 bits per heavy atom. The van der Waals surface area contributed by atoms with Gasteiger partial charge in [0, 0.05) is 20.6 Å². The van der Waals surface area contributed by atoms with Crippen LogP contribution in [0.1, 0.15) is 6.42 Å². The molecule has 0 aliphatic heterocycles. The van der Waals surface area contributed by atoms with Gasteiger partial charge < -0.3 is 4.74 Å². The van der Waals surface area contributed by atoms with Crippen LogP contribution in [0.4, 0.5) is 0 Å². The number of sulfonamides is 1. The number of nitrogens with zero attached hydrogens (tertiary/aromatic N) is 3. The molecule has 0 saturated carbocycles. The number of hydrogen-bond donors (Lipinski definition) is 0. The van der Waals surface area contributed by atoms with Gasteiger partial charge in [-0.25, -0.2) is 8.42 Å². The average molecular weight is 261 g/mol. The SMILES string of the molecule is COC(=O)CCN(C)S(=O)(=O)c1ccnn1C. The number of carbonyl (C=O) groups is 1. The second-order valence-corrected chi connectivity index (χ2v) is 5.44. The molecular weight excluding hydrogens is 246 g/mol. The van der Waals surface area contributed by atoms with Gasteiger partial charge in [-0.15, -0.1) is 0 Å². The predicted molar refractivity (Wildman–Crippen MR) is 59.7 cm³/mol. The van der Waals surface area contributed by atoms with Gasteiger partial charge in [-0.2, -0.15) is 9.40 Å². The van der Waals surface area contributed by atoms with Crippen LogP contribution in [-0.2, 0) is 26.6 Å². The molecule has 0 atom stereocenters. The van der Waals surface area contributed by atoms with Gasteiger partial charge in [0.15, 0.2) is 5.03 Å². The van der Waals surface area contributed by atoms with E-state index in [9.17, 15) is 13.2 Å². The second kappa shape index (κ2) is 5.28. The van der Waals surface area contributed by atoms with E-state index in [1.165, 1.54) is 31.1 Å². The molecule has 1 rings (SSSR count). The highest BCUT2D eigenvalue weighted by Crippen LogP contribution is 2.12. The summed E-state index contributed by atoms with van der Waals surface area (Å²) in [6.45, 7) is 0.0696. The third-order valence-corrected chi connectivity index (χ3v) is 4.24. The van der Waals surface area contributed by atoms with Gasteiger partial charge in [0.05, 0.1) is 19.7 Å². The fraction of sp³-hybridized carbons (Fsp3) is 0.556. The molecule has 0 spiro atoms. The molecule has 1 heterocycles. The summed E-state index contributed by atoms with van der Waals surface area (Å²) >= 11 is 0. The lowest BCUT2D eigenvalue weighted by Crippen LogP contribution is -2.30. The molecule has 0 radical (unpaired) electrons. The van der Waals surface area contributed by atoms with Gasteiger partial charge in [0.2, 0.25) is 0 Å². The monoisotopic (exact) mass is 261 g/mol. The Morgan fingerprint density at radius 2 is 2.24 bits per heavy atom. The van der Waals surface area contributed by atoms with Crippen LogP contribution in [0.15, 0.2) is 17.3 Å². The molecule has 0 aliphatic carbocycles. The highest BCUT2D eigenvalue weighted by molar-refractivity contribution is 7.89. The minimum absolute atomic E-state index is 0.0179. The summed E-state index contributed by atoms with van der Waals surface area (Å²) in [5.41, 5.74) is 0. The largest absolute Gasteiger partial charge is 0.469 e. The zero-order valence-electron chi connectivity index (χ0n) is 9.95. The molecule has 7 nitrogen and oxygen atoms in total. The van der Waals surface area contributed by atoms with E-state index < -0.39 is 16.0 Å². The Labute approximate surface area is 100 Å². The van der Waals surface area contributed by atoms with Gasteiger partial charge in [-0.05, 0) is 6.07 Å². The predicted octanol–water partition coefficient (Wildman–Crippen LogP) is -0.396. The van der Waals surface area contributed by atoms with Crippen molar-refractivity contribution in [3.63, 3.8) is 0 Å². The van der Waals surface area contributed by atoms with Gasteiger partial charge in [0.25, 0.3) is 10.0 Å². The van der Waals surface area contributed by atoms with E-state index in [0.29, 0.717) is 0 Å². The Morgan fingerprint density at radius 3 is 2.71 bits per heavy atom. The maximum Gasteiger partial charge on any atom is 0.306 e. The maximum atomic E-state index is 12.0.